The van der Waals surface area contributed by atoms with E-state index in [-0.39, 0.29) is 11.4 Å². The van der Waals surface area contributed by atoms with Gasteiger partial charge in [0.15, 0.2) is 0 Å². The summed E-state index contributed by atoms with van der Waals surface area (Å²) >= 11 is 4.62. The summed E-state index contributed by atoms with van der Waals surface area (Å²) < 4.78 is 29.2. The summed E-state index contributed by atoms with van der Waals surface area (Å²) in [6.45, 7) is 0. The highest BCUT2D eigenvalue weighted by Crippen LogP contribution is 2.25. The average molecular weight is 280 g/mol. The van der Waals surface area contributed by atoms with Gasteiger partial charge in [-0.2, -0.15) is 8.78 Å². The van der Waals surface area contributed by atoms with Crippen molar-refractivity contribution in [3.8, 4) is 5.75 Å². The molecule has 0 fully saturated rings. The monoisotopic (exact) mass is 279 g/mol. The number of carbonyl (C=O) groups excluding carboxylic acids is 1. The molecular weight excluding hydrogens is 272 g/mol. The van der Waals surface area contributed by atoms with Gasteiger partial charge in [-0.25, -0.2) is 0 Å². The number of esters is 1. The van der Waals surface area contributed by atoms with Gasteiger partial charge in [-0.1, -0.05) is 0 Å². The van der Waals surface area contributed by atoms with Gasteiger partial charge in [0, 0.05) is 18.6 Å². The largest absolute Gasteiger partial charge is 0.427 e. The van der Waals surface area contributed by atoms with Crippen LogP contribution in [0.15, 0.2) is 24.3 Å². The van der Waals surface area contributed by atoms with E-state index >= 15 is 0 Å². The maximum atomic E-state index is 12.2. The average Bonchev–Trinajstić information content (AvgIpc) is 2.26. The lowest BCUT2D eigenvalue weighted by Crippen LogP contribution is -2.13. The molecule has 0 amide bonds. The van der Waals surface area contributed by atoms with Crippen LogP contribution in [-0.4, -0.2) is 16.3 Å². The second kappa shape index (κ2) is 5.72. The van der Waals surface area contributed by atoms with Crippen LogP contribution in [-0.2, 0) is 4.79 Å². The third-order valence-electron chi connectivity index (χ3n) is 1.89. The molecule has 0 saturated carbocycles. The number of benzene rings is 1. The van der Waals surface area contributed by atoms with Crippen molar-refractivity contribution in [1.82, 2.24) is 0 Å². The van der Waals surface area contributed by atoms with Crippen molar-refractivity contribution in [2.75, 3.05) is 0 Å². The Morgan fingerprint density at radius 3 is 2.39 bits per heavy atom. The molecule has 0 radical (unpaired) electrons. The van der Waals surface area contributed by atoms with Crippen LogP contribution in [0.3, 0.4) is 0 Å². The summed E-state index contributed by atoms with van der Waals surface area (Å²) in [4.78, 5) is 20.9. The highest BCUT2D eigenvalue weighted by molar-refractivity contribution is 6.21. The number of non-ortho nitro benzene ring substituents is 1. The summed E-state index contributed by atoms with van der Waals surface area (Å²) in [5.74, 6) is -0.840. The van der Waals surface area contributed by atoms with Gasteiger partial charge >= 0.3 is 11.4 Å². The van der Waals surface area contributed by atoms with Crippen LogP contribution in [0.4, 0.5) is 14.5 Å². The number of nitrogens with zero attached hydrogens (tertiary/aromatic N) is 1. The SMILES string of the molecule is O=C(CCC(F)(F)Cl)Oc1ccc([N+](=O)[O-])cc1. The first-order valence-corrected chi connectivity index (χ1v) is 5.17. The Labute approximate surface area is 105 Å². The van der Waals surface area contributed by atoms with Crippen LogP contribution in [0.2, 0.25) is 0 Å². The Morgan fingerprint density at radius 1 is 1.39 bits per heavy atom. The summed E-state index contributed by atoms with van der Waals surface area (Å²) in [6, 6.07) is 4.68. The molecule has 0 aromatic heterocycles. The fraction of sp³-hybridized carbons (Fsp3) is 0.300. The van der Waals surface area contributed by atoms with Crippen LogP contribution in [0.25, 0.3) is 0 Å². The van der Waals surface area contributed by atoms with Crippen LogP contribution in [0.5, 0.6) is 5.75 Å². The molecule has 18 heavy (non-hydrogen) atoms. The van der Waals surface area contributed by atoms with E-state index in [1.165, 1.54) is 12.1 Å². The molecule has 5 nitrogen and oxygen atoms in total. The first-order chi connectivity index (χ1) is 8.28. The van der Waals surface area contributed by atoms with Crippen molar-refractivity contribution < 1.29 is 23.2 Å². The summed E-state index contributed by atoms with van der Waals surface area (Å²) in [7, 11) is 0. The number of hydrogen-bond donors (Lipinski definition) is 0. The zero-order chi connectivity index (χ0) is 13.8. The third-order valence-corrected chi connectivity index (χ3v) is 2.08. The van der Waals surface area contributed by atoms with Gasteiger partial charge in [0.1, 0.15) is 5.75 Å². The Bertz CT molecular complexity index is 444. The molecule has 0 aliphatic carbocycles. The quantitative estimate of drug-likeness (QED) is 0.273. The molecule has 0 aliphatic rings. The van der Waals surface area contributed by atoms with Crippen molar-refractivity contribution >= 4 is 23.3 Å². The molecule has 1 aromatic carbocycles. The van der Waals surface area contributed by atoms with E-state index in [4.69, 9.17) is 4.74 Å². The second-order valence-corrected chi connectivity index (χ2v) is 3.89. The van der Waals surface area contributed by atoms with Crippen molar-refractivity contribution in [3.63, 3.8) is 0 Å². The molecule has 8 heteroatoms. The van der Waals surface area contributed by atoms with Gasteiger partial charge in [-0.05, 0) is 23.7 Å². The van der Waals surface area contributed by atoms with E-state index in [2.05, 4.69) is 11.6 Å². The molecule has 0 N–H and O–H groups in total. The van der Waals surface area contributed by atoms with E-state index < -0.39 is 29.1 Å². The van der Waals surface area contributed by atoms with Gasteiger partial charge in [0.2, 0.25) is 0 Å². The molecular formula is C10H8ClF2NO4. The van der Waals surface area contributed by atoms with E-state index in [9.17, 15) is 23.7 Å². The lowest BCUT2D eigenvalue weighted by atomic mass is 10.3. The molecule has 1 rings (SSSR count). The smallest absolute Gasteiger partial charge is 0.322 e. The third kappa shape index (κ3) is 5.05. The zero-order valence-electron chi connectivity index (χ0n) is 8.94. The first-order valence-electron chi connectivity index (χ1n) is 4.80. The van der Waals surface area contributed by atoms with Gasteiger partial charge < -0.3 is 4.74 Å². The lowest BCUT2D eigenvalue weighted by molar-refractivity contribution is -0.384. The number of halogens is 3. The van der Waals surface area contributed by atoms with Crippen molar-refractivity contribution in [3.05, 3.63) is 34.4 Å². The van der Waals surface area contributed by atoms with Gasteiger partial charge in [-0.15, -0.1) is 0 Å². The summed E-state index contributed by atoms with van der Waals surface area (Å²) in [5, 5.41) is 6.90. The topological polar surface area (TPSA) is 69.4 Å². The fourth-order valence-electron chi connectivity index (χ4n) is 1.06. The van der Waals surface area contributed by atoms with Crippen LogP contribution in [0.1, 0.15) is 12.8 Å². The maximum absolute atomic E-state index is 12.2. The molecule has 0 heterocycles. The molecule has 0 saturated heterocycles. The first kappa shape index (κ1) is 14.3. The zero-order valence-corrected chi connectivity index (χ0v) is 9.69. The molecule has 0 bridgehead atoms. The molecule has 0 aliphatic heterocycles. The minimum absolute atomic E-state index is 0.0449. The molecule has 0 unspecified atom stereocenters. The van der Waals surface area contributed by atoms with E-state index in [1.54, 1.807) is 0 Å². The van der Waals surface area contributed by atoms with Crippen molar-refractivity contribution in [2.45, 2.75) is 18.2 Å². The minimum Gasteiger partial charge on any atom is -0.427 e. The number of nitro groups is 1. The number of carbonyl (C=O) groups is 1. The number of hydrogen-bond acceptors (Lipinski definition) is 4. The van der Waals surface area contributed by atoms with E-state index in [0.29, 0.717) is 0 Å². The molecule has 1 aromatic rings. The van der Waals surface area contributed by atoms with Gasteiger partial charge in [0.05, 0.1) is 11.3 Å². The van der Waals surface area contributed by atoms with Crippen molar-refractivity contribution in [1.29, 1.82) is 0 Å². The Hall–Kier alpha value is -1.76. The fourth-order valence-corrected chi connectivity index (χ4v) is 1.16. The highest BCUT2D eigenvalue weighted by atomic mass is 35.5. The molecule has 0 spiro atoms. The van der Waals surface area contributed by atoms with Crippen molar-refractivity contribution in [2.24, 2.45) is 0 Å². The predicted molar refractivity (Wildman–Crippen MR) is 58.8 cm³/mol. The molecule has 0 atom stereocenters. The normalized spacial score (nSPS) is 11.1. The maximum Gasteiger partial charge on any atom is 0.322 e. The van der Waals surface area contributed by atoms with Crippen LogP contribution < -0.4 is 4.74 Å². The molecule has 98 valence electrons. The summed E-state index contributed by atoms with van der Waals surface area (Å²) in [5.41, 5.74) is -0.165. The Kier molecular flexibility index (Phi) is 4.55. The Balaban J connectivity index is 2.52. The second-order valence-electron chi connectivity index (χ2n) is 3.34. The van der Waals surface area contributed by atoms with E-state index in [1.807, 2.05) is 0 Å². The minimum atomic E-state index is -3.45. The van der Waals surface area contributed by atoms with Crippen LogP contribution in [0, 0.1) is 10.1 Å². The Morgan fingerprint density at radius 2 is 1.94 bits per heavy atom. The standard InChI is InChI=1S/C10H8ClF2NO4/c11-10(12,13)6-5-9(15)18-8-3-1-7(2-4-8)14(16)17/h1-4H,5-6H2. The van der Waals surface area contributed by atoms with Gasteiger partial charge in [0.25, 0.3) is 5.69 Å². The predicted octanol–water partition coefficient (Wildman–Crippen LogP) is 3.11. The summed E-state index contributed by atoms with van der Waals surface area (Å²) in [6.07, 6.45) is -1.38. The number of nitro benzene ring substituents is 1. The van der Waals surface area contributed by atoms with E-state index in [0.717, 1.165) is 12.1 Å². The number of rotatable bonds is 5. The lowest BCUT2D eigenvalue weighted by Gasteiger charge is -2.07. The highest BCUT2D eigenvalue weighted by Gasteiger charge is 2.26. The number of ether oxygens (including phenoxy) is 1. The number of alkyl halides is 3. The van der Waals surface area contributed by atoms with Gasteiger partial charge in [-0.3, -0.25) is 14.9 Å². The van der Waals surface area contributed by atoms with Crippen LogP contribution >= 0.6 is 11.6 Å².